The van der Waals surface area contributed by atoms with E-state index in [9.17, 15) is 13.6 Å². The summed E-state index contributed by atoms with van der Waals surface area (Å²) < 4.78 is 28.3. The van der Waals surface area contributed by atoms with Crippen molar-refractivity contribution in [3.05, 3.63) is 54.1 Å². The molecule has 2 aromatic rings. The lowest BCUT2D eigenvalue weighted by atomic mass is 10.2. The highest BCUT2D eigenvalue weighted by atomic mass is 19.3. The zero-order valence-corrected chi connectivity index (χ0v) is 12.2. The van der Waals surface area contributed by atoms with E-state index in [1.165, 1.54) is 24.3 Å². The van der Waals surface area contributed by atoms with Gasteiger partial charge in [0.15, 0.2) is 0 Å². The molecule has 0 aromatic heterocycles. The van der Waals surface area contributed by atoms with Crippen LogP contribution in [0.25, 0.3) is 0 Å². The Kier molecular flexibility index (Phi) is 4.93. The molecule has 22 heavy (non-hydrogen) atoms. The van der Waals surface area contributed by atoms with Crippen LogP contribution in [0.3, 0.4) is 0 Å². The first-order chi connectivity index (χ1) is 10.5. The Morgan fingerprint density at radius 1 is 1.05 bits per heavy atom. The smallest absolute Gasteiger partial charge is 0.387 e. The van der Waals surface area contributed by atoms with Gasteiger partial charge in [0.1, 0.15) is 5.75 Å². The average Bonchev–Trinajstić information content (AvgIpc) is 2.48. The summed E-state index contributed by atoms with van der Waals surface area (Å²) >= 11 is 0. The minimum atomic E-state index is -2.88. The third kappa shape index (κ3) is 4.18. The summed E-state index contributed by atoms with van der Waals surface area (Å²) in [6.45, 7) is -2.88. The highest BCUT2D eigenvalue weighted by molar-refractivity contribution is 6.04. The molecule has 0 saturated heterocycles. The van der Waals surface area contributed by atoms with E-state index in [1.807, 2.05) is 31.1 Å². The predicted molar refractivity (Wildman–Crippen MR) is 81.8 cm³/mol. The molecule has 0 saturated carbocycles. The van der Waals surface area contributed by atoms with Crippen molar-refractivity contribution in [2.24, 2.45) is 0 Å². The second-order valence-corrected chi connectivity index (χ2v) is 4.80. The molecule has 116 valence electrons. The summed E-state index contributed by atoms with van der Waals surface area (Å²) in [5.74, 6) is -0.303. The molecule has 0 radical (unpaired) electrons. The van der Waals surface area contributed by atoms with Gasteiger partial charge in [-0.15, -0.1) is 0 Å². The van der Waals surface area contributed by atoms with E-state index < -0.39 is 6.61 Å². The molecule has 4 nitrogen and oxygen atoms in total. The van der Waals surface area contributed by atoms with Crippen LogP contribution in [-0.4, -0.2) is 26.6 Å². The third-order valence-corrected chi connectivity index (χ3v) is 2.98. The van der Waals surface area contributed by atoms with E-state index in [-0.39, 0.29) is 11.7 Å². The molecule has 0 fully saturated rings. The number of halogens is 2. The molecule has 6 heteroatoms. The van der Waals surface area contributed by atoms with Crippen molar-refractivity contribution >= 4 is 17.3 Å². The maximum absolute atomic E-state index is 12.1. The quantitative estimate of drug-likeness (QED) is 0.917. The summed E-state index contributed by atoms with van der Waals surface area (Å²) in [4.78, 5) is 14.0. The number of carbonyl (C=O) groups excluding carboxylic acids is 1. The number of anilines is 2. The van der Waals surface area contributed by atoms with Crippen molar-refractivity contribution in [2.45, 2.75) is 6.61 Å². The third-order valence-electron chi connectivity index (χ3n) is 2.98. The summed E-state index contributed by atoms with van der Waals surface area (Å²) in [6.07, 6.45) is 0. The Hall–Kier alpha value is -2.63. The number of nitrogens with zero attached hydrogens (tertiary/aromatic N) is 1. The number of amides is 1. The molecule has 0 spiro atoms. The first kappa shape index (κ1) is 15.8. The SMILES string of the molecule is CN(C)c1ccc(NC(=O)c2ccc(OC(F)F)cc2)cc1. The van der Waals surface area contributed by atoms with Gasteiger partial charge in [0.25, 0.3) is 5.91 Å². The lowest BCUT2D eigenvalue weighted by Gasteiger charge is -2.13. The fraction of sp³-hybridized carbons (Fsp3) is 0.188. The molecule has 0 atom stereocenters. The first-order valence-electron chi connectivity index (χ1n) is 6.59. The second kappa shape index (κ2) is 6.89. The van der Waals surface area contributed by atoms with Gasteiger partial charge in [0.05, 0.1) is 0 Å². The summed E-state index contributed by atoms with van der Waals surface area (Å²) in [5, 5.41) is 2.74. The molecule has 0 aliphatic heterocycles. The van der Waals surface area contributed by atoms with Crippen molar-refractivity contribution in [2.75, 3.05) is 24.3 Å². The van der Waals surface area contributed by atoms with Crippen LogP contribution in [0.5, 0.6) is 5.75 Å². The average molecular weight is 306 g/mol. The van der Waals surface area contributed by atoms with E-state index in [0.717, 1.165) is 5.69 Å². The summed E-state index contributed by atoms with van der Waals surface area (Å²) in [7, 11) is 3.85. The fourth-order valence-electron chi connectivity index (χ4n) is 1.83. The molecule has 0 aliphatic carbocycles. The van der Waals surface area contributed by atoms with Crippen LogP contribution in [0, 0.1) is 0 Å². The second-order valence-electron chi connectivity index (χ2n) is 4.80. The topological polar surface area (TPSA) is 41.6 Å². The lowest BCUT2D eigenvalue weighted by Crippen LogP contribution is -2.12. The van der Waals surface area contributed by atoms with Crippen molar-refractivity contribution in [1.82, 2.24) is 0 Å². The minimum absolute atomic E-state index is 0.0156. The summed E-state index contributed by atoms with van der Waals surface area (Å²) in [6, 6.07) is 12.9. The van der Waals surface area contributed by atoms with Gasteiger partial charge in [-0.25, -0.2) is 0 Å². The molecule has 1 amide bonds. The molecule has 2 aromatic carbocycles. The molecule has 0 aliphatic rings. The zero-order valence-electron chi connectivity index (χ0n) is 12.2. The standard InChI is InChI=1S/C16H16F2N2O2/c1-20(2)13-7-5-12(6-8-13)19-15(21)11-3-9-14(10-4-11)22-16(17)18/h3-10,16H,1-2H3,(H,19,21). The van der Waals surface area contributed by atoms with Gasteiger partial charge >= 0.3 is 6.61 Å². The Bertz CT molecular complexity index is 626. The molecular weight excluding hydrogens is 290 g/mol. The molecular formula is C16H16F2N2O2. The number of rotatable bonds is 5. The van der Waals surface area contributed by atoms with E-state index >= 15 is 0 Å². The fourth-order valence-corrected chi connectivity index (χ4v) is 1.83. The Labute approximate surface area is 127 Å². The molecule has 1 N–H and O–H groups in total. The Morgan fingerprint density at radius 2 is 1.64 bits per heavy atom. The number of hydrogen-bond donors (Lipinski definition) is 1. The Morgan fingerprint density at radius 3 is 2.14 bits per heavy atom. The maximum Gasteiger partial charge on any atom is 0.387 e. The van der Waals surface area contributed by atoms with Crippen molar-refractivity contribution in [3.63, 3.8) is 0 Å². The normalized spacial score (nSPS) is 10.4. The van der Waals surface area contributed by atoms with Gasteiger partial charge in [0.2, 0.25) is 0 Å². The van der Waals surface area contributed by atoms with Crippen LogP contribution in [0.1, 0.15) is 10.4 Å². The predicted octanol–water partition coefficient (Wildman–Crippen LogP) is 3.61. The zero-order chi connectivity index (χ0) is 16.1. The van der Waals surface area contributed by atoms with E-state index in [1.54, 1.807) is 12.1 Å². The maximum atomic E-state index is 12.1. The molecule has 2 rings (SSSR count). The molecule has 0 bridgehead atoms. The first-order valence-corrected chi connectivity index (χ1v) is 6.59. The van der Waals surface area contributed by atoms with Gasteiger partial charge in [0, 0.05) is 31.0 Å². The van der Waals surface area contributed by atoms with Crippen molar-refractivity contribution in [1.29, 1.82) is 0 Å². The van der Waals surface area contributed by atoms with Crippen LogP contribution >= 0.6 is 0 Å². The van der Waals surface area contributed by atoms with E-state index in [4.69, 9.17) is 0 Å². The number of alkyl halides is 2. The number of nitrogens with one attached hydrogen (secondary N) is 1. The van der Waals surface area contributed by atoms with Crippen LogP contribution in [-0.2, 0) is 0 Å². The Balaban J connectivity index is 2.02. The minimum Gasteiger partial charge on any atom is -0.435 e. The summed E-state index contributed by atoms with van der Waals surface area (Å²) in [5.41, 5.74) is 2.04. The van der Waals surface area contributed by atoms with Crippen LogP contribution in [0.4, 0.5) is 20.2 Å². The van der Waals surface area contributed by atoms with Gasteiger partial charge in [-0.3, -0.25) is 4.79 Å². The monoisotopic (exact) mass is 306 g/mol. The lowest BCUT2D eigenvalue weighted by molar-refractivity contribution is -0.0498. The van der Waals surface area contributed by atoms with Crippen LogP contribution in [0.15, 0.2) is 48.5 Å². The largest absolute Gasteiger partial charge is 0.435 e. The van der Waals surface area contributed by atoms with Gasteiger partial charge in [-0.2, -0.15) is 8.78 Å². The van der Waals surface area contributed by atoms with Crippen molar-refractivity contribution < 1.29 is 18.3 Å². The van der Waals surface area contributed by atoms with Crippen LogP contribution < -0.4 is 15.0 Å². The van der Waals surface area contributed by atoms with Crippen LogP contribution in [0.2, 0.25) is 0 Å². The number of ether oxygens (including phenoxy) is 1. The number of benzene rings is 2. The van der Waals surface area contributed by atoms with Gasteiger partial charge in [-0.1, -0.05) is 0 Å². The highest BCUT2D eigenvalue weighted by Gasteiger charge is 2.08. The van der Waals surface area contributed by atoms with Gasteiger partial charge < -0.3 is 15.0 Å². The molecule has 0 unspecified atom stereocenters. The number of carbonyl (C=O) groups is 1. The molecule has 0 heterocycles. The van der Waals surface area contributed by atoms with Gasteiger partial charge in [-0.05, 0) is 48.5 Å². The highest BCUT2D eigenvalue weighted by Crippen LogP contribution is 2.18. The van der Waals surface area contributed by atoms with Crippen molar-refractivity contribution in [3.8, 4) is 5.75 Å². The number of hydrogen-bond acceptors (Lipinski definition) is 3. The van der Waals surface area contributed by atoms with E-state index in [2.05, 4.69) is 10.1 Å². The van der Waals surface area contributed by atoms with E-state index in [0.29, 0.717) is 11.3 Å².